The highest BCUT2D eigenvalue weighted by molar-refractivity contribution is 5.85. The molecule has 0 aliphatic heterocycles. The monoisotopic (exact) mass is 282 g/mol. The van der Waals surface area contributed by atoms with E-state index >= 15 is 0 Å². The predicted molar refractivity (Wildman–Crippen MR) is 75.3 cm³/mol. The molecule has 1 aromatic rings. The molecule has 1 unspecified atom stereocenters. The molecule has 2 saturated carbocycles. The Kier molecular flexibility index (Phi) is 3.74. The molecule has 4 nitrogen and oxygen atoms in total. The smallest absolute Gasteiger partial charge is 0.408 e. The third-order valence-corrected chi connectivity index (χ3v) is 4.24. The highest BCUT2D eigenvalue weighted by Crippen LogP contribution is 2.57. The molecule has 2 aliphatic carbocycles. The summed E-state index contributed by atoms with van der Waals surface area (Å²) in [5.41, 5.74) is 6.78. The largest absolute Gasteiger partial charge is 0.465 e. The van der Waals surface area contributed by atoms with Crippen LogP contribution in [0, 0.1) is 5.92 Å². The maximum atomic E-state index is 11.5. The summed E-state index contributed by atoms with van der Waals surface area (Å²) in [7, 11) is 0. The second-order valence-corrected chi connectivity index (χ2v) is 5.46. The van der Waals surface area contributed by atoms with Gasteiger partial charge in [0.1, 0.15) is 0 Å². The zero-order chi connectivity index (χ0) is 12.8. The molecule has 2 aliphatic rings. The number of hydrogen-bond acceptors (Lipinski definition) is 2. The van der Waals surface area contributed by atoms with E-state index < -0.39 is 6.09 Å². The van der Waals surface area contributed by atoms with Crippen molar-refractivity contribution in [3.63, 3.8) is 0 Å². The van der Waals surface area contributed by atoms with E-state index in [1.54, 1.807) is 4.90 Å². The van der Waals surface area contributed by atoms with Gasteiger partial charge in [-0.2, -0.15) is 0 Å². The van der Waals surface area contributed by atoms with Gasteiger partial charge in [-0.15, -0.1) is 12.4 Å². The Morgan fingerprint density at radius 2 is 1.95 bits per heavy atom. The van der Waals surface area contributed by atoms with Crippen molar-refractivity contribution in [3.05, 3.63) is 35.9 Å². The Balaban J connectivity index is 0.00000133. The Bertz CT molecular complexity index is 462. The van der Waals surface area contributed by atoms with Gasteiger partial charge in [0.2, 0.25) is 0 Å². The van der Waals surface area contributed by atoms with Crippen LogP contribution in [-0.2, 0) is 6.54 Å². The van der Waals surface area contributed by atoms with Crippen LogP contribution in [0.1, 0.15) is 24.8 Å². The summed E-state index contributed by atoms with van der Waals surface area (Å²) in [5.74, 6) is 0.373. The van der Waals surface area contributed by atoms with E-state index in [1.807, 2.05) is 30.3 Å². The molecule has 104 valence electrons. The Morgan fingerprint density at radius 3 is 2.37 bits per heavy atom. The zero-order valence-corrected chi connectivity index (χ0v) is 11.5. The number of rotatable bonds is 4. The van der Waals surface area contributed by atoms with Crippen LogP contribution < -0.4 is 5.73 Å². The molecule has 0 bridgehead atoms. The van der Waals surface area contributed by atoms with Crippen molar-refractivity contribution in [2.75, 3.05) is 0 Å². The molecular weight excluding hydrogens is 264 g/mol. The summed E-state index contributed by atoms with van der Waals surface area (Å²) in [4.78, 5) is 13.1. The number of halogens is 1. The number of hydrogen-bond donors (Lipinski definition) is 2. The lowest BCUT2D eigenvalue weighted by atomic mass is 10.1. The number of nitrogens with zero attached hydrogens (tertiary/aromatic N) is 1. The third-order valence-electron chi connectivity index (χ3n) is 4.24. The summed E-state index contributed by atoms with van der Waals surface area (Å²) in [6.07, 6.45) is 2.07. The first kappa shape index (κ1) is 14.2. The average molecular weight is 283 g/mol. The highest BCUT2D eigenvalue weighted by atomic mass is 35.5. The number of benzene rings is 1. The van der Waals surface area contributed by atoms with Gasteiger partial charge in [-0.1, -0.05) is 30.3 Å². The lowest BCUT2D eigenvalue weighted by molar-refractivity contribution is 0.104. The van der Waals surface area contributed by atoms with Crippen LogP contribution in [0.25, 0.3) is 0 Å². The first-order valence-corrected chi connectivity index (χ1v) is 6.43. The molecule has 0 saturated heterocycles. The topological polar surface area (TPSA) is 66.6 Å². The second kappa shape index (κ2) is 5.02. The highest BCUT2D eigenvalue weighted by Gasteiger charge is 2.62. The van der Waals surface area contributed by atoms with Crippen LogP contribution >= 0.6 is 12.4 Å². The molecule has 1 aromatic carbocycles. The minimum atomic E-state index is -0.824. The molecule has 0 spiro atoms. The van der Waals surface area contributed by atoms with Crippen molar-refractivity contribution < 1.29 is 9.90 Å². The maximum absolute atomic E-state index is 11.5. The fourth-order valence-electron chi connectivity index (χ4n) is 2.98. The Hall–Kier alpha value is -1.26. The van der Waals surface area contributed by atoms with E-state index in [2.05, 4.69) is 0 Å². The van der Waals surface area contributed by atoms with Gasteiger partial charge in [-0.25, -0.2) is 4.79 Å². The molecule has 0 aromatic heterocycles. The van der Waals surface area contributed by atoms with Crippen molar-refractivity contribution in [3.8, 4) is 0 Å². The van der Waals surface area contributed by atoms with Crippen LogP contribution in [-0.4, -0.2) is 27.7 Å². The first-order valence-electron chi connectivity index (χ1n) is 6.43. The lowest BCUT2D eigenvalue weighted by Gasteiger charge is -2.30. The second-order valence-electron chi connectivity index (χ2n) is 5.46. The molecule has 3 rings (SSSR count). The van der Waals surface area contributed by atoms with Gasteiger partial charge < -0.3 is 10.8 Å². The summed E-state index contributed by atoms with van der Waals surface area (Å²) < 4.78 is 0. The van der Waals surface area contributed by atoms with Gasteiger partial charge >= 0.3 is 6.09 Å². The van der Waals surface area contributed by atoms with Crippen molar-refractivity contribution in [2.24, 2.45) is 11.7 Å². The van der Waals surface area contributed by atoms with Crippen LogP contribution in [0.4, 0.5) is 4.79 Å². The fraction of sp³-hybridized carbons (Fsp3) is 0.500. The van der Waals surface area contributed by atoms with Gasteiger partial charge in [0.25, 0.3) is 0 Å². The number of amides is 1. The van der Waals surface area contributed by atoms with Crippen molar-refractivity contribution >= 4 is 18.5 Å². The van der Waals surface area contributed by atoms with Crippen LogP contribution in [0.5, 0.6) is 0 Å². The van der Waals surface area contributed by atoms with Gasteiger partial charge in [-0.3, -0.25) is 4.90 Å². The molecule has 19 heavy (non-hydrogen) atoms. The molecular formula is C14H19ClN2O2. The molecule has 1 amide bonds. The Morgan fingerprint density at radius 1 is 1.37 bits per heavy atom. The maximum Gasteiger partial charge on any atom is 0.408 e. The normalized spacial score (nSPS) is 26.2. The van der Waals surface area contributed by atoms with Gasteiger partial charge in [0.05, 0.1) is 5.54 Å². The quantitative estimate of drug-likeness (QED) is 0.891. The van der Waals surface area contributed by atoms with Crippen molar-refractivity contribution in [1.82, 2.24) is 4.90 Å². The van der Waals surface area contributed by atoms with E-state index in [0.717, 1.165) is 24.8 Å². The average Bonchev–Trinajstić information content (AvgIpc) is 3.24. The minimum Gasteiger partial charge on any atom is -0.465 e. The summed E-state index contributed by atoms with van der Waals surface area (Å²) in [6, 6.07) is 9.97. The Labute approximate surface area is 119 Å². The standard InChI is InChI=1S/C14H18N2O2.ClH/c15-12-8-11(12)14(6-7-14)16(13(17)18)9-10-4-2-1-3-5-10;/h1-5,11-12H,6-9,15H2,(H,17,18);1H/t11?,12-;/m1./s1. The van der Waals surface area contributed by atoms with E-state index in [1.165, 1.54) is 0 Å². The predicted octanol–water partition coefficient (Wildman–Crippen LogP) is 2.47. The van der Waals surface area contributed by atoms with E-state index in [0.29, 0.717) is 12.5 Å². The van der Waals surface area contributed by atoms with E-state index in [4.69, 9.17) is 5.73 Å². The minimum absolute atomic E-state index is 0. The van der Waals surface area contributed by atoms with Crippen LogP contribution in [0.2, 0.25) is 0 Å². The van der Waals surface area contributed by atoms with Crippen molar-refractivity contribution in [1.29, 1.82) is 0 Å². The molecule has 0 radical (unpaired) electrons. The molecule has 0 heterocycles. The molecule has 2 fully saturated rings. The number of carboxylic acid groups (broad SMARTS) is 1. The summed E-state index contributed by atoms with van der Waals surface area (Å²) in [6.45, 7) is 0.472. The summed E-state index contributed by atoms with van der Waals surface area (Å²) >= 11 is 0. The van der Waals surface area contributed by atoms with Gasteiger partial charge in [0.15, 0.2) is 0 Å². The van der Waals surface area contributed by atoms with Crippen LogP contribution in [0.3, 0.4) is 0 Å². The van der Waals surface area contributed by atoms with E-state index in [9.17, 15) is 9.90 Å². The summed E-state index contributed by atoms with van der Waals surface area (Å²) in [5, 5.41) is 9.46. The third kappa shape index (κ3) is 2.55. The molecule has 2 atom stereocenters. The number of carbonyl (C=O) groups is 1. The zero-order valence-electron chi connectivity index (χ0n) is 10.7. The fourth-order valence-corrected chi connectivity index (χ4v) is 2.98. The first-order chi connectivity index (χ1) is 8.63. The molecule has 5 heteroatoms. The molecule has 3 N–H and O–H groups in total. The van der Waals surface area contributed by atoms with Crippen LogP contribution in [0.15, 0.2) is 30.3 Å². The van der Waals surface area contributed by atoms with Crippen molar-refractivity contribution in [2.45, 2.75) is 37.4 Å². The van der Waals surface area contributed by atoms with Gasteiger partial charge in [-0.05, 0) is 30.7 Å². The van der Waals surface area contributed by atoms with Gasteiger partial charge in [0, 0.05) is 12.6 Å². The lowest BCUT2D eigenvalue weighted by Crippen LogP contribution is -2.43. The van der Waals surface area contributed by atoms with E-state index in [-0.39, 0.29) is 24.0 Å². The SMILES string of the molecule is Cl.N[C@@H]1CC1C1(N(Cc2ccccc2)C(=O)O)CC1. The number of nitrogens with two attached hydrogens (primary N) is 1.